The second-order valence-electron chi connectivity index (χ2n) is 7.02. The predicted octanol–water partition coefficient (Wildman–Crippen LogP) is 4.91. The molecule has 0 saturated carbocycles. The minimum absolute atomic E-state index is 0. The lowest BCUT2D eigenvalue weighted by molar-refractivity contribution is 0.361. The minimum atomic E-state index is 0. The molecule has 0 unspecified atom stereocenters. The van der Waals surface area contributed by atoms with Crippen LogP contribution >= 0.6 is 24.8 Å². The number of rotatable bonds is 4. The molecule has 0 amide bonds. The van der Waals surface area contributed by atoms with Gasteiger partial charge in [-0.2, -0.15) is 5.10 Å². The van der Waals surface area contributed by atoms with Crippen molar-refractivity contribution in [3.8, 4) is 16.9 Å². The number of halogens is 2. The lowest BCUT2D eigenvalue weighted by Crippen LogP contribution is -2.40. The Morgan fingerprint density at radius 3 is 1.96 bits per heavy atom. The first-order valence-electron chi connectivity index (χ1n) is 9.19. The quantitative estimate of drug-likeness (QED) is 0.631. The van der Waals surface area contributed by atoms with Crippen LogP contribution in [-0.2, 0) is 5.41 Å². The number of hydrogen-bond acceptors (Lipinski definition) is 3. The van der Waals surface area contributed by atoms with Gasteiger partial charge in [-0.3, -0.25) is 5.10 Å². The summed E-state index contributed by atoms with van der Waals surface area (Å²) in [7, 11) is 1.71. The average Bonchev–Trinajstić information content (AvgIpc) is 3.14. The number of benzene rings is 2. The van der Waals surface area contributed by atoms with Crippen LogP contribution < -0.4 is 10.1 Å². The van der Waals surface area contributed by atoms with E-state index in [4.69, 9.17) is 4.74 Å². The maximum Gasteiger partial charge on any atom is 0.118 e. The van der Waals surface area contributed by atoms with Crippen LogP contribution in [0.25, 0.3) is 11.1 Å². The summed E-state index contributed by atoms with van der Waals surface area (Å²) in [6, 6.07) is 17.6. The lowest BCUT2D eigenvalue weighted by Gasteiger charge is -2.39. The molecule has 0 atom stereocenters. The van der Waals surface area contributed by atoms with E-state index in [0.29, 0.717) is 0 Å². The van der Waals surface area contributed by atoms with Crippen molar-refractivity contribution in [1.29, 1.82) is 0 Å². The van der Waals surface area contributed by atoms with E-state index < -0.39 is 0 Å². The molecular weight excluding hydrogens is 393 g/mol. The zero-order valence-corrected chi connectivity index (χ0v) is 17.8. The zero-order chi connectivity index (χ0) is 18.0. The third kappa shape index (κ3) is 4.04. The van der Waals surface area contributed by atoms with Crippen molar-refractivity contribution in [3.63, 3.8) is 0 Å². The highest BCUT2D eigenvalue weighted by atomic mass is 35.5. The van der Waals surface area contributed by atoms with Gasteiger partial charge in [-0.25, -0.2) is 0 Å². The molecule has 0 bridgehead atoms. The lowest BCUT2D eigenvalue weighted by atomic mass is 9.68. The summed E-state index contributed by atoms with van der Waals surface area (Å²) in [6.45, 7) is 4.11. The van der Waals surface area contributed by atoms with Gasteiger partial charge < -0.3 is 10.1 Å². The van der Waals surface area contributed by atoms with Crippen molar-refractivity contribution in [2.24, 2.45) is 0 Å². The Kier molecular flexibility index (Phi) is 7.53. The number of nitrogens with one attached hydrogen (secondary N) is 2. The van der Waals surface area contributed by atoms with Gasteiger partial charge in [0.15, 0.2) is 0 Å². The molecule has 2 heterocycles. The third-order valence-corrected chi connectivity index (χ3v) is 5.68. The molecule has 150 valence electrons. The molecular formula is C22H27Cl2N3O. The fraction of sp³-hybridized carbons (Fsp3) is 0.318. The zero-order valence-electron chi connectivity index (χ0n) is 16.2. The Balaban J connectivity index is 0.00000140. The van der Waals surface area contributed by atoms with E-state index in [0.717, 1.165) is 37.4 Å². The Morgan fingerprint density at radius 1 is 0.893 bits per heavy atom. The van der Waals surface area contributed by atoms with Gasteiger partial charge >= 0.3 is 0 Å². The number of aryl methyl sites for hydroxylation is 1. The molecule has 2 aromatic carbocycles. The highest BCUT2D eigenvalue weighted by Crippen LogP contribution is 2.41. The Bertz CT molecular complexity index is 870. The van der Waals surface area contributed by atoms with Crippen molar-refractivity contribution in [2.45, 2.75) is 25.2 Å². The van der Waals surface area contributed by atoms with Gasteiger partial charge in [-0.05, 0) is 61.7 Å². The largest absolute Gasteiger partial charge is 0.497 e. The van der Waals surface area contributed by atoms with Crippen LogP contribution in [0.5, 0.6) is 5.75 Å². The van der Waals surface area contributed by atoms with Crippen LogP contribution in [0.2, 0.25) is 0 Å². The summed E-state index contributed by atoms with van der Waals surface area (Å²) in [5.41, 5.74) is 6.21. The molecule has 28 heavy (non-hydrogen) atoms. The summed E-state index contributed by atoms with van der Waals surface area (Å²) in [4.78, 5) is 0. The second-order valence-corrected chi connectivity index (χ2v) is 7.02. The first-order valence-corrected chi connectivity index (χ1v) is 9.19. The van der Waals surface area contributed by atoms with Crippen LogP contribution in [-0.4, -0.2) is 30.4 Å². The first kappa shape index (κ1) is 22.3. The monoisotopic (exact) mass is 419 g/mol. The van der Waals surface area contributed by atoms with Crippen molar-refractivity contribution in [1.82, 2.24) is 15.5 Å². The van der Waals surface area contributed by atoms with E-state index in [1.165, 1.54) is 22.3 Å². The number of H-pyrrole nitrogens is 1. The molecule has 1 aliphatic rings. The summed E-state index contributed by atoms with van der Waals surface area (Å²) in [5, 5.41) is 10.7. The van der Waals surface area contributed by atoms with Gasteiger partial charge in [0.25, 0.3) is 0 Å². The maximum absolute atomic E-state index is 5.34. The van der Waals surface area contributed by atoms with Gasteiger partial charge in [0.2, 0.25) is 0 Å². The fourth-order valence-electron chi connectivity index (χ4n) is 4.13. The average molecular weight is 420 g/mol. The Labute approximate surface area is 178 Å². The van der Waals surface area contributed by atoms with E-state index in [9.17, 15) is 0 Å². The molecule has 4 rings (SSSR count). The van der Waals surface area contributed by atoms with Crippen molar-refractivity contribution in [3.05, 3.63) is 71.5 Å². The number of methoxy groups -OCH3 is 1. The van der Waals surface area contributed by atoms with Crippen LogP contribution in [0.4, 0.5) is 0 Å². The molecule has 2 N–H and O–H groups in total. The topological polar surface area (TPSA) is 49.9 Å². The predicted molar refractivity (Wildman–Crippen MR) is 119 cm³/mol. The van der Waals surface area contributed by atoms with Gasteiger partial charge in [0.05, 0.1) is 12.8 Å². The number of aromatic nitrogens is 2. The summed E-state index contributed by atoms with van der Waals surface area (Å²) >= 11 is 0. The third-order valence-electron chi connectivity index (χ3n) is 5.68. The Morgan fingerprint density at radius 2 is 1.46 bits per heavy atom. The van der Waals surface area contributed by atoms with Gasteiger partial charge in [-0.1, -0.05) is 36.4 Å². The number of ether oxygens (including phenoxy) is 1. The van der Waals surface area contributed by atoms with E-state index in [1.807, 2.05) is 13.1 Å². The van der Waals surface area contributed by atoms with Crippen LogP contribution in [0.3, 0.4) is 0 Å². The molecule has 6 heteroatoms. The van der Waals surface area contributed by atoms with Gasteiger partial charge in [0, 0.05) is 17.2 Å². The molecule has 0 spiro atoms. The molecule has 1 aliphatic heterocycles. The van der Waals surface area contributed by atoms with Crippen molar-refractivity contribution >= 4 is 24.8 Å². The fourth-order valence-corrected chi connectivity index (χ4v) is 4.13. The first-order chi connectivity index (χ1) is 12.7. The SMILES string of the molecule is COc1ccc(C2(c3ccc(-c4c[nH]nc4C)cc3)CCNCC2)cc1.Cl.Cl. The Hall–Kier alpha value is -2.01. The summed E-state index contributed by atoms with van der Waals surface area (Å²) < 4.78 is 5.34. The smallest absolute Gasteiger partial charge is 0.118 e. The highest BCUT2D eigenvalue weighted by molar-refractivity contribution is 5.85. The van der Waals surface area contributed by atoms with E-state index >= 15 is 0 Å². The molecule has 4 nitrogen and oxygen atoms in total. The highest BCUT2D eigenvalue weighted by Gasteiger charge is 2.35. The molecule has 3 aromatic rings. The number of hydrogen-bond donors (Lipinski definition) is 2. The van der Waals surface area contributed by atoms with Gasteiger partial charge in [0.1, 0.15) is 5.75 Å². The number of aromatic amines is 1. The summed E-state index contributed by atoms with van der Waals surface area (Å²) in [5.74, 6) is 0.906. The standard InChI is InChI=1S/C22H25N3O.2ClH/c1-16-21(15-24-25-16)17-3-5-18(6-4-17)22(11-13-23-14-12-22)19-7-9-20(26-2)10-8-19;;/h3-10,15,23H,11-14H2,1-2H3,(H,24,25);2*1H. The van der Waals surface area contributed by atoms with E-state index in [2.05, 4.69) is 64.0 Å². The summed E-state index contributed by atoms with van der Waals surface area (Å²) in [6.07, 6.45) is 4.17. The van der Waals surface area contributed by atoms with Crippen LogP contribution in [0.15, 0.2) is 54.7 Å². The van der Waals surface area contributed by atoms with Crippen molar-refractivity contribution < 1.29 is 4.74 Å². The molecule has 1 aromatic heterocycles. The van der Waals surface area contributed by atoms with Crippen LogP contribution in [0, 0.1) is 6.92 Å². The minimum Gasteiger partial charge on any atom is -0.497 e. The van der Waals surface area contributed by atoms with E-state index in [-0.39, 0.29) is 30.2 Å². The molecule has 1 fully saturated rings. The maximum atomic E-state index is 5.34. The van der Waals surface area contributed by atoms with Crippen molar-refractivity contribution in [2.75, 3.05) is 20.2 Å². The molecule has 0 radical (unpaired) electrons. The number of nitrogens with zero attached hydrogens (tertiary/aromatic N) is 1. The van der Waals surface area contributed by atoms with Gasteiger partial charge in [-0.15, -0.1) is 24.8 Å². The normalized spacial score (nSPS) is 15.2. The van der Waals surface area contributed by atoms with E-state index in [1.54, 1.807) is 7.11 Å². The van der Waals surface area contributed by atoms with Crippen LogP contribution in [0.1, 0.15) is 29.7 Å². The number of piperidine rings is 1. The molecule has 0 aliphatic carbocycles. The molecule has 1 saturated heterocycles. The second kappa shape index (κ2) is 9.46.